The van der Waals surface area contributed by atoms with Crippen molar-refractivity contribution in [2.24, 2.45) is 0 Å². The van der Waals surface area contributed by atoms with Gasteiger partial charge in [0.25, 0.3) is 5.56 Å². The molecule has 3 heterocycles. The van der Waals surface area contributed by atoms with E-state index in [-0.39, 0.29) is 23.9 Å². The SMILES string of the molecule is CC(C)c1nn(CC(=O)NCCC(C)(C)O)c(=O)c2cc3sc(Cl)cc3n12. The Kier molecular flexibility index (Phi) is 5.33. The van der Waals surface area contributed by atoms with Gasteiger partial charge in [-0.3, -0.25) is 14.0 Å². The smallest absolute Gasteiger partial charge is 0.291 e. The Morgan fingerprint density at radius 3 is 2.70 bits per heavy atom. The van der Waals surface area contributed by atoms with E-state index in [0.29, 0.717) is 28.6 Å². The molecular formula is C18H23ClN4O3S. The minimum absolute atomic E-state index is 0.0480. The Morgan fingerprint density at radius 2 is 2.07 bits per heavy atom. The Bertz CT molecular complexity index is 1060. The van der Waals surface area contributed by atoms with Gasteiger partial charge in [0.05, 0.1) is 20.2 Å². The van der Waals surface area contributed by atoms with Crippen LogP contribution in [0.2, 0.25) is 4.34 Å². The van der Waals surface area contributed by atoms with Gasteiger partial charge in [0, 0.05) is 12.5 Å². The van der Waals surface area contributed by atoms with Crippen molar-refractivity contribution < 1.29 is 9.90 Å². The van der Waals surface area contributed by atoms with E-state index in [1.165, 1.54) is 16.0 Å². The number of hydrogen-bond acceptors (Lipinski definition) is 5. The van der Waals surface area contributed by atoms with Crippen LogP contribution in [0.4, 0.5) is 0 Å². The van der Waals surface area contributed by atoms with Gasteiger partial charge in [-0.05, 0) is 32.4 Å². The van der Waals surface area contributed by atoms with E-state index in [9.17, 15) is 14.7 Å². The van der Waals surface area contributed by atoms with Crippen LogP contribution in [-0.4, -0.2) is 37.3 Å². The lowest BCUT2D eigenvalue weighted by Gasteiger charge is -2.17. The molecule has 0 unspecified atom stereocenters. The first-order chi connectivity index (χ1) is 12.6. The van der Waals surface area contributed by atoms with Crippen LogP contribution in [0.3, 0.4) is 0 Å². The molecule has 3 aromatic heterocycles. The second kappa shape index (κ2) is 7.26. The minimum atomic E-state index is -0.856. The fraction of sp³-hybridized carbons (Fsp3) is 0.500. The lowest BCUT2D eigenvalue weighted by molar-refractivity contribution is -0.122. The summed E-state index contributed by atoms with van der Waals surface area (Å²) in [6.45, 7) is 7.49. The van der Waals surface area contributed by atoms with E-state index in [0.717, 1.165) is 10.2 Å². The van der Waals surface area contributed by atoms with Gasteiger partial charge >= 0.3 is 0 Å². The standard InChI is InChI=1S/C18H23ClN4O3S/c1-10(2)16-21-22(9-15(24)20-6-5-18(3,4)26)17(25)12-7-13-11(23(12)16)8-14(19)27-13/h7-8,10,26H,5-6,9H2,1-4H3,(H,20,24). The van der Waals surface area contributed by atoms with Crippen LogP contribution in [0, 0.1) is 0 Å². The molecule has 1 amide bonds. The number of rotatable bonds is 6. The maximum atomic E-state index is 12.9. The van der Waals surface area contributed by atoms with Crippen molar-refractivity contribution in [3.63, 3.8) is 0 Å². The molecule has 0 saturated carbocycles. The molecule has 3 rings (SSSR count). The molecule has 0 spiro atoms. The highest BCUT2D eigenvalue weighted by Gasteiger charge is 2.19. The fourth-order valence-corrected chi connectivity index (χ4v) is 4.05. The molecule has 3 aromatic rings. The Morgan fingerprint density at radius 1 is 1.37 bits per heavy atom. The highest BCUT2D eigenvalue weighted by atomic mass is 35.5. The molecule has 0 aromatic carbocycles. The van der Waals surface area contributed by atoms with Gasteiger partial charge < -0.3 is 10.4 Å². The number of nitrogens with one attached hydrogen (secondary N) is 1. The molecule has 0 bridgehead atoms. The molecule has 146 valence electrons. The van der Waals surface area contributed by atoms with Crippen LogP contribution in [0.25, 0.3) is 15.7 Å². The molecule has 0 atom stereocenters. The van der Waals surface area contributed by atoms with Gasteiger partial charge in [0.1, 0.15) is 17.9 Å². The number of hydrogen-bond donors (Lipinski definition) is 2. The van der Waals surface area contributed by atoms with E-state index in [2.05, 4.69) is 10.4 Å². The summed E-state index contributed by atoms with van der Waals surface area (Å²) in [6.07, 6.45) is 0.424. The third kappa shape index (κ3) is 4.17. The Labute approximate surface area is 165 Å². The first-order valence-electron chi connectivity index (χ1n) is 8.77. The van der Waals surface area contributed by atoms with Gasteiger partial charge in [-0.25, -0.2) is 4.68 Å². The molecule has 0 aliphatic carbocycles. The van der Waals surface area contributed by atoms with Crippen LogP contribution in [0.15, 0.2) is 16.9 Å². The zero-order valence-corrected chi connectivity index (χ0v) is 17.3. The van der Waals surface area contributed by atoms with Crippen molar-refractivity contribution >= 4 is 44.6 Å². The largest absolute Gasteiger partial charge is 0.390 e. The predicted molar refractivity (Wildman–Crippen MR) is 108 cm³/mol. The van der Waals surface area contributed by atoms with E-state index in [4.69, 9.17) is 11.6 Å². The Hall–Kier alpha value is -1.90. The van der Waals surface area contributed by atoms with Crippen molar-refractivity contribution in [2.75, 3.05) is 6.54 Å². The number of amides is 1. The average Bonchev–Trinajstić information content (AvgIpc) is 3.05. The minimum Gasteiger partial charge on any atom is -0.390 e. The highest BCUT2D eigenvalue weighted by molar-refractivity contribution is 7.22. The first kappa shape index (κ1) is 19.9. The van der Waals surface area contributed by atoms with E-state index >= 15 is 0 Å². The molecule has 0 aliphatic rings. The molecule has 7 nitrogen and oxygen atoms in total. The number of carbonyl (C=O) groups is 1. The molecule has 2 N–H and O–H groups in total. The number of aromatic nitrogens is 3. The predicted octanol–water partition coefficient (Wildman–Crippen LogP) is 2.76. The number of aliphatic hydroxyl groups is 1. The third-order valence-electron chi connectivity index (χ3n) is 4.23. The topological polar surface area (TPSA) is 88.6 Å². The van der Waals surface area contributed by atoms with Crippen molar-refractivity contribution in [3.05, 3.63) is 32.6 Å². The lowest BCUT2D eigenvalue weighted by Crippen LogP contribution is -2.37. The van der Waals surface area contributed by atoms with Crippen molar-refractivity contribution in [1.29, 1.82) is 0 Å². The van der Waals surface area contributed by atoms with E-state index in [1.54, 1.807) is 19.9 Å². The summed E-state index contributed by atoms with van der Waals surface area (Å²) in [6, 6.07) is 3.62. The molecule has 0 fully saturated rings. The number of fused-ring (bicyclic) bond motifs is 3. The molecule has 9 heteroatoms. The van der Waals surface area contributed by atoms with Gasteiger partial charge in [-0.15, -0.1) is 11.3 Å². The lowest BCUT2D eigenvalue weighted by atomic mass is 10.1. The van der Waals surface area contributed by atoms with Crippen LogP contribution in [0.1, 0.15) is 45.9 Å². The summed E-state index contributed by atoms with van der Waals surface area (Å²) in [5.41, 5.74) is 0.160. The second-order valence-electron chi connectivity index (χ2n) is 7.55. The van der Waals surface area contributed by atoms with Gasteiger partial charge in [0.15, 0.2) is 0 Å². The van der Waals surface area contributed by atoms with Crippen LogP contribution < -0.4 is 10.9 Å². The number of carbonyl (C=O) groups excluding carboxylic acids is 1. The number of thiophene rings is 1. The van der Waals surface area contributed by atoms with Crippen LogP contribution in [-0.2, 0) is 11.3 Å². The number of nitrogens with zero attached hydrogens (tertiary/aromatic N) is 3. The molecule has 0 aliphatic heterocycles. The Balaban J connectivity index is 1.96. The van der Waals surface area contributed by atoms with Crippen molar-refractivity contribution in [2.45, 2.75) is 52.2 Å². The van der Waals surface area contributed by atoms with Crippen molar-refractivity contribution in [3.8, 4) is 0 Å². The fourth-order valence-electron chi connectivity index (χ4n) is 2.89. The quantitative estimate of drug-likeness (QED) is 0.654. The van der Waals surface area contributed by atoms with Gasteiger partial charge in [-0.2, -0.15) is 5.10 Å². The van der Waals surface area contributed by atoms with Crippen LogP contribution in [0.5, 0.6) is 0 Å². The molecule has 27 heavy (non-hydrogen) atoms. The maximum absolute atomic E-state index is 12.9. The summed E-state index contributed by atoms with van der Waals surface area (Å²) in [5, 5.41) is 16.9. The molecule has 0 radical (unpaired) electrons. The van der Waals surface area contributed by atoms with Gasteiger partial charge in [-0.1, -0.05) is 25.4 Å². The first-order valence-corrected chi connectivity index (χ1v) is 9.97. The zero-order chi connectivity index (χ0) is 19.9. The van der Waals surface area contributed by atoms with Gasteiger partial charge in [0.2, 0.25) is 5.91 Å². The average molecular weight is 411 g/mol. The summed E-state index contributed by atoms with van der Waals surface area (Å²) >= 11 is 7.51. The summed E-state index contributed by atoms with van der Waals surface area (Å²) in [7, 11) is 0. The van der Waals surface area contributed by atoms with Crippen molar-refractivity contribution in [1.82, 2.24) is 19.5 Å². The summed E-state index contributed by atoms with van der Waals surface area (Å²) in [5.74, 6) is 0.426. The third-order valence-corrected chi connectivity index (χ3v) is 5.43. The van der Waals surface area contributed by atoms with Crippen LogP contribution >= 0.6 is 22.9 Å². The highest BCUT2D eigenvalue weighted by Crippen LogP contribution is 2.32. The zero-order valence-electron chi connectivity index (χ0n) is 15.7. The number of halogens is 1. The maximum Gasteiger partial charge on any atom is 0.291 e. The summed E-state index contributed by atoms with van der Waals surface area (Å²) < 4.78 is 4.59. The van der Waals surface area contributed by atoms with E-state index in [1.807, 2.05) is 24.3 Å². The second-order valence-corrected chi connectivity index (χ2v) is 9.27. The molecule has 0 saturated heterocycles. The normalized spacial score (nSPS) is 12.4. The monoisotopic (exact) mass is 410 g/mol. The van der Waals surface area contributed by atoms with E-state index < -0.39 is 5.60 Å². The molecular weight excluding hydrogens is 388 g/mol. The summed E-state index contributed by atoms with van der Waals surface area (Å²) in [4.78, 5) is 25.1.